The highest BCUT2D eigenvalue weighted by Gasteiger charge is 2.26. The first-order chi connectivity index (χ1) is 22.0. The van der Waals surface area contributed by atoms with E-state index in [0.29, 0.717) is 48.4 Å². The van der Waals surface area contributed by atoms with Gasteiger partial charge in [0.25, 0.3) is 5.56 Å². The number of carbonyl (C=O) groups excluding carboxylic acids is 1. The second kappa shape index (κ2) is 12.4. The average Bonchev–Trinajstić information content (AvgIpc) is 3.70. The largest absolute Gasteiger partial charge is 0.497 e. The number of piperidine rings is 1. The monoisotopic (exact) mass is 641 g/mol. The topological polar surface area (TPSA) is 167 Å². The van der Waals surface area contributed by atoms with Gasteiger partial charge in [-0.25, -0.2) is 14.6 Å². The SMILES string of the molecule is COc1ccc(Cn2nnnc2C=Cc2c(N3CCC[C@@H](O)C3)nc3cc(C(N)=O)cc(-c4nc(C(C)(C)C)cs4)n3c2=O)cc1. The van der Waals surface area contributed by atoms with Gasteiger partial charge in [0, 0.05) is 29.4 Å². The lowest BCUT2D eigenvalue weighted by Gasteiger charge is -2.32. The zero-order chi connectivity index (χ0) is 32.6. The van der Waals surface area contributed by atoms with Crippen molar-refractivity contribution in [1.82, 2.24) is 34.6 Å². The highest BCUT2D eigenvalue weighted by atomic mass is 32.1. The van der Waals surface area contributed by atoms with Crippen LogP contribution in [-0.2, 0) is 12.0 Å². The van der Waals surface area contributed by atoms with Crippen LogP contribution in [0.3, 0.4) is 0 Å². The van der Waals surface area contributed by atoms with Crippen LogP contribution in [0.15, 0.2) is 46.6 Å². The number of rotatable bonds is 8. The minimum absolute atomic E-state index is 0.208. The van der Waals surface area contributed by atoms with Crippen molar-refractivity contribution >= 4 is 40.9 Å². The molecular weight excluding hydrogens is 606 g/mol. The molecule has 46 heavy (non-hydrogen) atoms. The maximum Gasteiger partial charge on any atom is 0.267 e. The molecule has 0 spiro atoms. The maximum atomic E-state index is 14.5. The van der Waals surface area contributed by atoms with Gasteiger partial charge in [-0.3, -0.25) is 14.0 Å². The van der Waals surface area contributed by atoms with Gasteiger partial charge < -0.3 is 20.5 Å². The summed E-state index contributed by atoms with van der Waals surface area (Å²) in [6.45, 7) is 7.48. The third-order valence-electron chi connectivity index (χ3n) is 7.86. The minimum atomic E-state index is -0.645. The molecule has 0 saturated carbocycles. The Hall–Kier alpha value is -4.95. The van der Waals surface area contributed by atoms with Crippen LogP contribution in [0.25, 0.3) is 28.5 Å². The summed E-state index contributed by atoms with van der Waals surface area (Å²) in [5.41, 5.74) is 8.11. The van der Waals surface area contributed by atoms with Gasteiger partial charge in [0.2, 0.25) is 5.91 Å². The van der Waals surface area contributed by atoms with E-state index in [2.05, 4.69) is 36.3 Å². The summed E-state index contributed by atoms with van der Waals surface area (Å²) in [5.74, 6) is 0.920. The molecule has 1 aromatic carbocycles. The van der Waals surface area contributed by atoms with E-state index in [4.69, 9.17) is 20.4 Å². The van der Waals surface area contributed by atoms with Gasteiger partial charge in [-0.1, -0.05) is 32.9 Å². The zero-order valence-electron chi connectivity index (χ0n) is 26.0. The number of anilines is 1. The molecule has 1 aliphatic rings. The van der Waals surface area contributed by atoms with Crippen molar-refractivity contribution in [3.8, 4) is 16.5 Å². The summed E-state index contributed by atoms with van der Waals surface area (Å²) in [5, 5.41) is 25.2. The van der Waals surface area contributed by atoms with Gasteiger partial charge in [-0.05, 0) is 65.2 Å². The van der Waals surface area contributed by atoms with Gasteiger partial charge in [-0.15, -0.1) is 16.4 Å². The second-order valence-electron chi connectivity index (χ2n) is 12.2. The molecule has 3 N–H and O–H groups in total. The standard InChI is InChI=1S/C32H35N9O4S/c1-32(2,3)25-18-46-30(34-25)24-14-20(28(33)43)15-27-35-29(39-13-5-6-21(42)17-39)23(31(44)41(24)27)11-12-26-36-37-38-40(26)16-19-7-9-22(45-4)10-8-19/h7-12,14-15,18,21,42H,5-6,13,16-17H2,1-4H3,(H2,33,43)/t21-/m1/s1. The Bertz CT molecular complexity index is 1990. The fourth-order valence-electron chi connectivity index (χ4n) is 5.34. The molecule has 13 nitrogen and oxygen atoms in total. The van der Waals surface area contributed by atoms with Crippen LogP contribution in [0.4, 0.5) is 5.82 Å². The molecule has 0 radical (unpaired) electrons. The quantitative estimate of drug-likeness (QED) is 0.256. The van der Waals surface area contributed by atoms with E-state index in [-0.39, 0.29) is 27.7 Å². The molecule has 238 valence electrons. The molecule has 0 unspecified atom stereocenters. The van der Waals surface area contributed by atoms with E-state index in [1.54, 1.807) is 30.0 Å². The number of hydrogen-bond acceptors (Lipinski definition) is 11. The van der Waals surface area contributed by atoms with Crippen molar-refractivity contribution in [3.63, 3.8) is 0 Å². The lowest BCUT2D eigenvalue weighted by atomic mass is 9.93. The Morgan fingerprint density at radius 3 is 2.63 bits per heavy atom. The number of thiazole rings is 1. The smallest absolute Gasteiger partial charge is 0.267 e. The fraction of sp³-hybridized carbons (Fsp3) is 0.344. The summed E-state index contributed by atoms with van der Waals surface area (Å²) >= 11 is 1.38. The molecule has 5 aromatic rings. The Labute approximate surface area is 269 Å². The van der Waals surface area contributed by atoms with E-state index in [1.165, 1.54) is 21.8 Å². The zero-order valence-corrected chi connectivity index (χ0v) is 26.9. The van der Waals surface area contributed by atoms with Gasteiger partial charge >= 0.3 is 0 Å². The van der Waals surface area contributed by atoms with E-state index >= 15 is 0 Å². The minimum Gasteiger partial charge on any atom is -0.497 e. The Kier molecular flexibility index (Phi) is 8.40. The van der Waals surface area contributed by atoms with Gasteiger partial charge in [0.05, 0.1) is 36.7 Å². The molecule has 0 aliphatic carbocycles. The van der Waals surface area contributed by atoms with Crippen molar-refractivity contribution in [3.05, 3.63) is 80.3 Å². The van der Waals surface area contributed by atoms with Crippen LogP contribution >= 0.6 is 11.3 Å². The van der Waals surface area contributed by atoms with Crippen LogP contribution in [-0.4, -0.2) is 71.9 Å². The van der Waals surface area contributed by atoms with E-state index in [9.17, 15) is 14.7 Å². The lowest BCUT2D eigenvalue weighted by Crippen LogP contribution is -2.40. The third kappa shape index (κ3) is 6.26. The number of amides is 1. The Morgan fingerprint density at radius 1 is 1.17 bits per heavy atom. The summed E-state index contributed by atoms with van der Waals surface area (Å²) in [6.07, 6.45) is 4.15. The molecule has 5 heterocycles. The molecule has 1 aliphatic heterocycles. The molecule has 1 fully saturated rings. The summed E-state index contributed by atoms with van der Waals surface area (Å²) < 4.78 is 8.34. The van der Waals surface area contributed by atoms with Crippen molar-refractivity contribution in [1.29, 1.82) is 0 Å². The lowest BCUT2D eigenvalue weighted by molar-refractivity contribution is 0.1000. The number of methoxy groups -OCH3 is 1. The molecule has 1 saturated heterocycles. The number of aliphatic hydroxyl groups excluding tert-OH is 1. The maximum absolute atomic E-state index is 14.5. The number of β-amino-alcohol motifs (C(OH)–C–C–N with tert-alkyl or cyclic N) is 1. The predicted octanol–water partition coefficient (Wildman–Crippen LogP) is 3.39. The van der Waals surface area contributed by atoms with Crippen molar-refractivity contribution in [2.75, 3.05) is 25.1 Å². The number of carbonyl (C=O) groups is 1. The Morgan fingerprint density at radius 2 is 1.96 bits per heavy atom. The number of hydrogen-bond donors (Lipinski definition) is 2. The van der Waals surface area contributed by atoms with Crippen LogP contribution in [0.2, 0.25) is 0 Å². The van der Waals surface area contributed by atoms with Crippen molar-refractivity contribution in [2.45, 2.75) is 51.7 Å². The van der Waals surface area contributed by atoms with Crippen LogP contribution in [0.5, 0.6) is 5.75 Å². The molecule has 1 amide bonds. The molecule has 4 aromatic heterocycles. The number of ether oxygens (including phenoxy) is 1. The summed E-state index contributed by atoms with van der Waals surface area (Å²) in [6, 6.07) is 10.7. The molecule has 1 atom stereocenters. The molecule has 0 bridgehead atoms. The number of nitrogens with two attached hydrogens (primary N) is 1. The van der Waals surface area contributed by atoms with E-state index in [1.807, 2.05) is 34.5 Å². The third-order valence-corrected chi connectivity index (χ3v) is 8.73. The van der Waals surface area contributed by atoms with E-state index < -0.39 is 12.0 Å². The fourth-order valence-corrected chi connectivity index (χ4v) is 6.39. The highest BCUT2D eigenvalue weighted by Crippen LogP contribution is 2.31. The van der Waals surface area contributed by atoms with E-state index in [0.717, 1.165) is 23.4 Å². The first-order valence-corrected chi connectivity index (χ1v) is 15.8. The van der Waals surface area contributed by atoms with Gasteiger partial charge in [0.15, 0.2) is 5.82 Å². The number of tetrazole rings is 1. The van der Waals surface area contributed by atoms with Gasteiger partial charge in [-0.2, -0.15) is 0 Å². The number of nitrogens with zero attached hydrogens (tertiary/aromatic N) is 8. The Balaban J connectivity index is 1.51. The number of primary amides is 1. The predicted molar refractivity (Wildman–Crippen MR) is 176 cm³/mol. The molecular formula is C32H35N9O4S. The van der Waals surface area contributed by atoms with Crippen LogP contribution in [0.1, 0.15) is 66.6 Å². The number of fused-ring (bicyclic) bond motifs is 1. The van der Waals surface area contributed by atoms with Gasteiger partial charge in [0.1, 0.15) is 22.2 Å². The number of pyridine rings is 1. The summed E-state index contributed by atoms with van der Waals surface area (Å²) in [4.78, 5) is 38.6. The second-order valence-corrected chi connectivity index (χ2v) is 13.1. The van der Waals surface area contributed by atoms with Crippen LogP contribution in [0, 0.1) is 0 Å². The van der Waals surface area contributed by atoms with Crippen LogP contribution < -0.4 is 20.9 Å². The first kappa shape index (κ1) is 31.0. The number of aromatic nitrogens is 7. The van der Waals surface area contributed by atoms with Crippen molar-refractivity contribution in [2.24, 2.45) is 5.73 Å². The highest BCUT2D eigenvalue weighted by molar-refractivity contribution is 7.13. The first-order valence-electron chi connectivity index (χ1n) is 14.9. The molecule has 14 heteroatoms. The molecule has 6 rings (SSSR count). The normalized spacial score (nSPS) is 15.6. The van der Waals surface area contributed by atoms with Crippen molar-refractivity contribution < 1.29 is 14.6 Å². The summed E-state index contributed by atoms with van der Waals surface area (Å²) in [7, 11) is 1.61. The number of benzene rings is 1. The average molecular weight is 642 g/mol. The number of aliphatic hydroxyl groups is 1.